The highest BCUT2D eigenvalue weighted by molar-refractivity contribution is 5.03. The summed E-state index contributed by atoms with van der Waals surface area (Å²) in [5.41, 5.74) is 0.580. The van der Waals surface area contributed by atoms with E-state index in [4.69, 9.17) is 4.74 Å². The van der Waals surface area contributed by atoms with Gasteiger partial charge in [0.1, 0.15) is 5.82 Å². The summed E-state index contributed by atoms with van der Waals surface area (Å²) in [6.07, 6.45) is 0.758. The van der Waals surface area contributed by atoms with E-state index in [1.165, 1.54) is 6.07 Å². The van der Waals surface area contributed by atoms with E-state index in [-0.39, 0.29) is 5.56 Å². The maximum absolute atomic E-state index is 11.6. The molecule has 0 radical (unpaired) electrons. The molecule has 0 aliphatic carbocycles. The third-order valence-corrected chi connectivity index (χ3v) is 3.55. The van der Waals surface area contributed by atoms with Crippen molar-refractivity contribution < 1.29 is 4.74 Å². The maximum Gasteiger partial charge on any atom is 0.251 e. The molecular formula is C13H22N4O2. The first-order valence-corrected chi connectivity index (χ1v) is 6.55. The number of hydrogen-bond donors (Lipinski definition) is 1. The second-order valence-corrected chi connectivity index (χ2v) is 5.22. The van der Waals surface area contributed by atoms with Gasteiger partial charge >= 0.3 is 0 Å². The van der Waals surface area contributed by atoms with Crippen molar-refractivity contribution in [2.45, 2.75) is 19.1 Å². The quantitative estimate of drug-likeness (QED) is 0.811. The summed E-state index contributed by atoms with van der Waals surface area (Å²) in [6, 6.07) is 1.88. The van der Waals surface area contributed by atoms with Crippen molar-refractivity contribution in [3.8, 4) is 0 Å². The van der Waals surface area contributed by atoms with Gasteiger partial charge < -0.3 is 19.5 Å². The van der Waals surface area contributed by atoms with Gasteiger partial charge in [0.05, 0.1) is 12.3 Å². The van der Waals surface area contributed by atoms with Gasteiger partial charge in [0, 0.05) is 45.3 Å². The summed E-state index contributed by atoms with van der Waals surface area (Å²) in [4.78, 5) is 23.5. The molecule has 1 aromatic heterocycles. The van der Waals surface area contributed by atoms with Gasteiger partial charge in [-0.3, -0.25) is 4.79 Å². The third-order valence-electron chi connectivity index (χ3n) is 3.55. The molecule has 6 heteroatoms. The zero-order valence-corrected chi connectivity index (χ0v) is 11.8. The first-order valence-electron chi connectivity index (χ1n) is 6.55. The highest BCUT2D eigenvalue weighted by Crippen LogP contribution is 2.10. The fourth-order valence-corrected chi connectivity index (χ4v) is 2.43. The molecule has 0 spiro atoms. The molecule has 0 amide bonds. The summed E-state index contributed by atoms with van der Waals surface area (Å²) in [5, 5.41) is 0. The highest BCUT2D eigenvalue weighted by atomic mass is 16.5. The monoisotopic (exact) mass is 266 g/mol. The first kappa shape index (κ1) is 14.2. The van der Waals surface area contributed by atoms with E-state index in [2.05, 4.69) is 33.9 Å². The van der Waals surface area contributed by atoms with Crippen LogP contribution in [0.2, 0.25) is 0 Å². The van der Waals surface area contributed by atoms with E-state index >= 15 is 0 Å². The van der Waals surface area contributed by atoms with Crippen LogP contribution in [0.15, 0.2) is 10.9 Å². The fourth-order valence-electron chi connectivity index (χ4n) is 2.43. The Morgan fingerprint density at radius 2 is 2.26 bits per heavy atom. The molecule has 1 N–H and O–H groups in total. The Morgan fingerprint density at radius 1 is 1.47 bits per heavy atom. The lowest BCUT2D eigenvalue weighted by atomic mass is 10.1. The van der Waals surface area contributed by atoms with Crippen LogP contribution in [0.4, 0.5) is 0 Å². The van der Waals surface area contributed by atoms with Crippen LogP contribution in [0, 0.1) is 0 Å². The predicted molar refractivity (Wildman–Crippen MR) is 73.2 cm³/mol. The van der Waals surface area contributed by atoms with Crippen LogP contribution in [0.3, 0.4) is 0 Å². The van der Waals surface area contributed by atoms with Crippen molar-refractivity contribution in [3.05, 3.63) is 27.9 Å². The maximum atomic E-state index is 11.6. The van der Waals surface area contributed by atoms with Gasteiger partial charge in [-0.25, -0.2) is 4.98 Å². The van der Waals surface area contributed by atoms with Crippen molar-refractivity contribution in [1.82, 2.24) is 19.8 Å². The van der Waals surface area contributed by atoms with E-state index < -0.39 is 0 Å². The molecule has 1 atom stereocenters. The number of hydrogen-bond acceptors (Lipinski definition) is 5. The lowest BCUT2D eigenvalue weighted by Gasteiger charge is -2.37. The minimum Gasteiger partial charge on any atom is -0.378 e. The molecule has 1 fully saturated rings. The van der Waals surface area contributed by atoms with Gasteiger partial charge in [-0.2, -0.15) is 0 Å². The molecule has 2 heterocycles. The van der Waals surface area contributed by atoms with E-state index in [1.54, 1.807) is 7.11 Å². The first-order chi connectivity index (χ1) is 9.08. The molecule has 0 saturated carbocycles. The number of methoxy groups -OCH3 is 1. The average Bonchev–Trinajstić information content (AvgIpc) is 2.33. The summed E-state index contributed by atoms with van der Waals surface area (Å²) < 4.78 is 5.03. The smallest absolute Gasteiger partial charge is 0.251 e. The molecule has 1 aliphatic rings. The number of nitrogens with one attached hydrogen (secondary N) is 1. The molecule has 1 aliphatic heterocycles. The lowest BCUT2D eigenvalue weighted by molar-refractivity contribution is 0.113. The fraction of sp³-hybridized carbons (Fsp3) is 0.692. The number of H-pyrrole nitrogens is 1. The molecule has 0 bridgehead atoms. The Kier molecular flexibility index (Phi) is 4.68. The number of aromatic amines is 1. The minimum atomic E-state index is -0.108. The molecule has 1 aromatic rings. The summed E-state index contributed by atoms with van der Waals surface area (Å²) in [6.45, 7) is 3.50. The predicted octanol–water partition coefficient (Wildman–Crippen LogP) is -0.295. The van der Waals surface area contributed by atoms with E-state index in [0.29, 0.717) is 18.3 Å². The minimum absolute atomic E-state index is 0.108. The van der Waals surface area contributed by atoms with Crippen LogP contribution < -0.4 is 5.56 Å². The summed E-state index contributed by atoms with van der Waals surface area (Å²) >= 11 is 0. The Labute approximate surface area is 113 Å². The second-order valence-electron chi connectivity index (χ2n) is 5.22. The highest BCUT2D eigenvalue weighted by Gasteiger charge is 2.23. The number of piperazine rings is 1. The van der Waals surface area contributed by atoms with Gasteiger partial charge in [0.15, 0.2) is 0 Å². The molecule has 1 saturated heterocycles. The van der Waals surface area contributed by atoms with Gasteiger partial charge in [-0.1, -0.05) is 0 Å². The molecule has 106 valence electrons. The Hall–Kier alpha value is -1.24. The molecule has 1 unspecified atom stereocenters. The summed E-state index contributed by atoms with van der Waals surface area (Å²) in [7, 11) is 5.85. The van der Waals surface area contributed by atoms with Crippen LogP contribution in [-0.2, 0) is 17.8 Å². The van der Waals surface area contributed by atoms with Gasteiger partial charge in [0.25, 0.3) is 5.56 Å². The Balaban J connectivity index is 2.11. The molecule has 2 rings (SSSR count). The molecular weight excluding hydrogens is 244 g/mol. The van der Waals surface area contributed by atoms with E-state index in [1.807, 2.05) is 0 Å². The third kappa shape index (κ3) is 3.86. The SMILES string of the molecule is COCc1cc(=O)[nH]c(CC2CN(C)CCN2C)n1. The topological polar surface area (TPSA) is 61.5 Å². The molecule has 6 nitrogen and oxygen atoms in total. The lowest BCUT2D eigenvalue weighted by Crippen LogP contribution is -2.51. The zero-order chi connectivity index (χ0) is 13.8. The average molecular weight is 266 g/mol. The number of aromatic nitrogens is 2. The van der Waals surface area contributed by atoms with Crippen LogP contribution in [0.1, 0.15) is 11.5 Å². The Morgan fingerprint density at radius 3 is 3.00 bits per heavy atom. The second kappa shape index (κ2) is 6.27. The van der Waals surface area contributed by atoms with Crippen LogP contribution in [0.25, 0.3) is 0 Å². The van der Waals surface area contributed by atoms with Gasteiger partial charge in [-0.15, -0.1) is 0 Å². The van der Waals surface area contributed by atoms with Gasteiger partial charge in [0.2, 0.25) is 0 Å². The zero-order valence-electron chi connectivity index (χ0n) is 11.8. The van der Waals surface area contributed by atoms with Crippen molar-refractivity contribution in [1.29, 1.82) is 0 Å². The van der Waals surface area contributed by atoms with Gasteiger partial charge in [-0.05, 0) is 14.1 Å². The largest absolute Gasteiger partial charge is 0.378 e. The van der Waals surface area contributed by atoms with Crippen molar-refractivity contribution in [2.75, 3.05) is 40.8 Å². The molecule has 0 aromatic carbocycles. The number of rotatable bonds is 4. The van der Waals surface area contributed by atoms with Crippen molar-refractivity contribution in [2.24, 2.45) is 0 Å². The molecule has 19 heavy (non-hydrogen) atoms. The number of nitrogens with zero attached hydrogens (tertiary/aromatic N) is 3. The Bertz CT molecular complexity index is 474. The van der Waals surface area contributed by atoms with Crippen molar-refractivity contribution >= 4 is 0 Å². The van der Waals surface area contributed by atoms with Crippen LogP contribution in [-0.4, -0.2) is 66.6 Å². The normalized spacial score (nSPS) is 21.7. The number of likely N-dealkylation sites (N-methyl/N-ethyl adjacent to an activating group) is 2. The number of ether oxygens (including phenoxy) is 1. The van der Waals surface area contributed by atoms with Crippen LogP contribution in [0.5, 0.6) is 0 Å². The standard InChI is InChI=1S/C13H22N4O2/c1-16-4-5-17(2)11(8-16)7-12-14-10(9-19-3)6-13(18)15-12/h6,11H,4-5,7-9H2,1-3H3,(H,14,15,18). The van der Waals surface area contributed by atoms with E-state index in [9.17, 15) is 4.79 Å². The van der Waals surface area contributed by atoms with Crippen molar-refractivity contribution in [3.63, 3.8) is 0 Å². The summed E-state index contributed by atoms with van der Waals surface area (Å²) in [5.74, 6) is 0.742. The van der Waals surface area contributed by atoms with Crippen LogP contribution >= 0.6 is 0 Å². The van der Waals surface area contributed by atoms with E-state index in [0.717, 1.165) is 31.9 Å².